The van der Waals surface area contributed by atoms with E-state index in [2.05, 4.69) is 4.99 Å². The molecule has 0 saturated carbocycles. The van der Waals surface area contributed by atoms with E-state index in [-0.39, 0.29) is 22.2 Å². The van der Waals surface area contributed by atoms with E-state index in [9.17, 15) is 13.2 Å². The zero-order valence-electron chi connectivity index (χ0n) is 16.0. The average Bonchev–Trinajstić information content (AvgIpc) is 3.11. The molecule has 0 radical (unpaired) electrons. The number of aliphatic imine (C=N–C) groups is 1. The largest absolute Gasteiger partial charge is 0.402 e. The van der Waals surface area contributed by atoms with Gasteiger partial charge in [-0.1, -0.05) is 54.1 Å². The predicted molar refractivity (Wildman–Crippen MR) is 112 cm³/mol. The fourth-order valence-corrected chi connectivity index (χ4v) is 3.76. The van der Waals surface area contributed by atoms with E-state index in [1.54, 1.807) is 42.5 Å². The molecule has 6 nitrogen and oxygen atoms in total. The number of hydrogen-bond donors (Lipinski definition) is 0. The van der Waals surface area contributed by atoms with Crippen LogP contribution in [0.3, 0.4) is 0 Å². The quantitative estimate of drug-likeness (QED) is 0.353. The summed E-state index contributed by atoms with van der Waals surface area (Å²) in [5, 5.41) is 0. The molecule has 0 aliphatic carbocycles. The highest BCUT2D eigenvalue weighted by molar-refractivity contribution is 7.87. The van der Waals surface area contributed by atoms with Gasteiger partial charge < -0.3 is 8.92 Å². The number of nitrogens with zero attached hydrogens (tertiary/aromatic N) is 1. The minimum absolute atomic E-state index is 0.0419. The second-order valence-corrected chi connectivity index (χ2v) is 8.14. The number of ether oxygens (including phenoxy) is 1. The van der Waals surface area contributed by atoms with Gasteiger partial charge in [0.15, 0.2) is 5.70 Å². The van der Waals surface area contributed by atoms with Crippen LogP contribution in [0.25, 0.3) is 6.08 Å². The van der Waals surface area contributed by atoms with Crippen molar-refractivity contribution in [3.63, 3.8) is 0 Å². The first-order valence-electron chi connectivity index (χ1n) is 9.10. The molecule has 0 atom stereocenters. The van der Waals surface area contributed by atoms with Gasteiger partial charge >= 0.3 is 16.1 Å². The third kappa shape index (κ3) is 4.16. The molecule has 3 aromatic carbocycles. The van der Waals surface area contributed by atoms with Gasteiger partial charge in [-0.15, -0.1) is 0 Å². The Morgan fingerprint density at radius 2 is 1.57 bits per heavy atom. The summed E-state index contributed by atoms with van der Waals surface area (Å²) in [4.78, 5) is 16.5. The van der Waals surface area contributed by atoms with Crippen LogP contribution in [0, 0.1) is 6.92 Å². The highest BCUT2D eigenvalue weighted by Crippen LogP contribution is 2.27. The smallest absolute Gasteiger partial charge is 0.363 e. The van der Waals surface area contributed by atoms with Crippen LogP contribution < -0.4 is 4.18 Å². The summed E-state index contributed by atoms with van der Waals surface area (Å²) in [6.45, 7) is 1.86. The van der Waals surface area contributed by atoms with E-state index < -0.39 is 16.1 Å². The maximum atomic E-state index is 12.6. The molecule has 0 spiro atoms. The highest BCUT2D eigenvalue weighted by Gasteiger charge is 2.25. The van der Waals surface area contributed by atoms with E-state index in [0.29, 0.717) is 11.1 Å². The van der Waals surface area contributed by atoms with Gasteiger partial charge in [-0.05, 0) is 43.3 Å². The highest BCUT2D eigenvalue weighted by atomic mass is 32.2. The lowest BCUT2D eigenvalue weighted by Gasteiger charge is -2.09. The summed E-state index contributed by atoms with van der Waals surface area (Å²) < 4.78 is 35.9. The number of benzene rings is 3. The SMILES string of the molecule is Cc1ccc(S(=O)(=O)Oc2ccccc2C=C2N=C(c3ccccc3)OC2=O)cc1. The molecule has 0 aromatic heterocycles. The first-order chi connectivity index (χ1) is 14.4. The number of esters is 1. The van der Waals surface area contributed by atoms with Crippen LogP contribution in [-0.2, 0) is 19.6 Å². The van der Waals surface area contributed by atoms with Gasteiger partial charge in [0.05, 0.1) is 0 Å². The van der Waals surface area contributed by atoms with Crippen molar-refractivity contribution in [2.75, 3.05) is 0 Å². The number of carbonyl (C=O) groups excluding carboxylic acids is 1. The number of rotatable bonds is 5. The van der Waals surface area contributed by atoms with Gasteiger partial charge in [0, 0.05) is 11.1 Å². The van der Waals surface area contributed by atoms with Gasteiger partial charge in [-0.3, -0.25) is 0 Å². The molecule has 0 saturated heterocycles. The summed E-state index contributed by atoms with van der Waals surface area (Å²) in [6.07, 6.45) is 1.44. The molecule has 0 bridgehead atoms. The van der Waals surface area contributed by atoms with E-state index >= 15 is 0 Å². The lowest BCUT2D eigenvalue weighted by atomic mass is 10.1. The second kappa shape index (κ2) is 7.96. The Labute approximate surface area is 174 Å². The van der Waals surface area contributed by atoms with Gasteiger partial charge in [0.25, 0.3) is 0 Å². The number of cyclic esters (lactones) is 1. The van der Waals surface area contributed by atoms with Crippen LogP contribution in [0.2, 0.25) is 0 Å². The zero-order chi connectivity index (χ0) is 21.1. The number of aryl methyl sites for hydroxylation is 1. The molecule has 0 fully saturated rings. The Morgan fingerprint density at radius 1 is 0.900 bits per heavy atom. The van der Waals surface area contributed by atoms with Gasteiger partial charge in [0.2, 0.25) is 5.90 Å². The second-order valence-electron chi connectivity index (χ2n) is 6.59. The molecule has 0 unspecified atom stereocenters. The topological polar surface area (TPSA) is 82.0 Å². The van der Waals surface area contributed by atoms with Crippen LogP contribution in [0.5, 0.6) is 5.75 Å². The monoisotopic (exact) mass is 419 g/mol. The minimum Gasteiger partial charge on any atom is -0.402 e. The van der Waals surface area contributed by atoms with Gasteiger partial charge in [-0.2, -0.15) is 8.42 Å². The molecule has 0 N–H and O–H groups in total. The molecule has 1 heterocycles. The normalized spacial score (nSPS) is 15.0. The van der Waals surface area contributed by atoms with E-state index in [1.165, 1.54) is 24.3 Å². The Hall–Kier alpha value is -3.71. The number of hydrogen-bond acceptors (Lipinski definition) is 6. The molecular formula is C23H17NO5S. The van der Waals surface area contributed by atoms with Crippen LogP contribution in [0.4, 0.5) is 0 Å². The molecule has 1 aliphatic rings. The summed E-state index contributed by atoms with van der Waals surface area (Å²) in [6, 6.07) is 21.9. The third-order valence-electron chi connectivity index (χ3n) is 4.36. The molecule has 4 rings (SSSR count). The van der Waals surface area contributed by atoms with Crippen molar-refractivity contribution in [1.82, 2.24) is 0 Å². The maximum Gasteiger partial charge on any atom is 0.363 e. The standard InChI is InChI=1S/C23H17NO5S/c1-16-11-13-19(14-12-16)30(26,27)29-21-10-6-5-9-18(21)15-20-23(25)28-22(24-20)17-7-3-2-4-8-17/h2-15H,1H3. The molecule has 3 aromatic rings. The number of para-hydroxylation sites is 1. The zero-order valence-corrected chi connectivity index (χ0v) is 16.8. The molecule has 7 heteroatoms. The van der Waals surface area contributed by atoms with Crippen molar-refractivity contribution in [2.24, 2.45) is 4.99 Å². The minimum atomic E-state index is -4.03. The lowest BCUT2D eigenvalue weighted by molar-refractivity contribution is -0.129. The third-order valence-corrected chi connectivity index (χ3v) is 5.61. The Balaban J connectivity index is 1.66. The van der Waals surface area contributed by atoms with Crippen molar-refractivity contribution in [3.8, 4) is 5.75 Å². The molecular weight excluding hydrogens is 402 g/mol. The maximum absolute atomic E-state index is 12.6. The van der Waals surface area contributed by atoms with Crippen LogP contribution >= 0.6 is 0 Å². The van der Waals surface area contributed by atoms with Crippen molar-refractivity contribution < 1.29 is 22.1 Å². The fraction of sp³-hybridized carbons (Fsp3) is 0.0435. The molecule has 0 amide bonds. The van der Waals surface area contributed by atoms with Gasteiger partial charge in [0.1, 0.15) is 10.6 Å². The van der Waals surface area contributed by atoms with Crippen LogP contribution in [0.1, 0.15) is 16.7 Å². The van der Waals surface area contributed by atoms with Crippen molar-refractivity contribution in [1.29, 1.82) is 0 Å². The first-order valence-corrected chi connectivity index (χ1v) is 10.5. The predicted octanol–water partition coefficient (Wildman–Crippen LogP) is 4.11. The molecule has 150 valence electrons. The van der Waals surface area contributed by atoms with E-state index in [1.807, 2.05) is 25.1 Å². The van der Waals surface area contributed by atoms with Crippen LogP contribution in [-0.4, -0.2) is 20.3 Å². The van der Waals surface area contributed by atoms with Crippen molar-refractivity contribution in [3.05, 3.63) is 101 Å². The Bertz CT molecular complexity index is 1260. The number of carbonyl (C=O) groups is 1. The first kappa shape index (κ1) is 19.6. The van der Waals surface area contributed by atoms with Gasteiger partial charge in [-0.25, -0.2) is 9.79 Å². The lowest BCUT2D eigenvalue weighted by Crippen LogP contribution is -2.10. The summed E-state index contributed by atoms with van der Waals surface area (Å²) in [7, 11) is -4.03. The molecule has 1 aliphatic heterocycles. The molecule has 30 heavy (non-hydrogen) atoms. The van der Waals surface area contributed by atoms with Crippen molar-refractivity contribution in [2.45, 2.75) is 11.8 Å². The van der Waals surface area contributed by atoms with E-state index in [4.69, 9.17) is 8.92 Å². The Kier molecular flexibility index (Phi) is 5.20. The summed E-state index contributed by atoms with van der Waals surface area (Å²) >= 11 is 0. The van der Waals surface area contributed by atoms with Crippen molar-refractivity contribution >= 4 is 28.1 Å². The average molecular weight is 419 g/mol. The van der Waals surface area contributed by atoms with E-state index in [0.717, 1.165) is 5.56 Å². The summed E-state index contributed by atoms with van der Waals surface area (Å²) in [5.74, 6) is -0.343. The Morgan fingerprint density at radius 3 is 2.30 bits per heavy atom. The van der Waals surface area contributed by atoms with Crippen LogP contribution in [0.15, 0.2) is 94.4 Å². The summed E-state index contributed by atoms with van der Waals surface area (Å²) in [5.41, 5.74) is 2.04. The fourth-order valence-electron chi connectivity index (χ4n) is 2.81.